The minimum atomic E-state index is -0.656. The molecular formula is C17H26N2O3. The number of hydrogen-bond donors (Lipinski definition) is 2. The number of nitrogens with zero attached hydrogens (tertiary/aromatic N) is 1. The van der Waals surface area contributed by atoms with Gasteiger partial charge in [0.05, 0.1) is 6.61 Å². The minimum absolute atomic E-state index is 0.144. The van der Waals surface area contributed by atoms with Crippen molar-refractivity contribution in [1.29, 1.82) is 0 Å². The Morgan fingerprint density at radius 3 is 2.50 bits per heavy atom. The van der Waals surface area contributed by atoms with Crippen molar-refractivity contribution in [2.24, 2.45) is 0 Å². The third kappa shape index (κ3) is 5.48. The van der Waals surface area contributed by atoms with Crippen LogP contribution in [0.2, 0.25) is 0 Å². The zero-order valence-electron chi connectivity index (χ0n) is 13.7. The first-order valence-corrected chi connectivity index (χ1v) is 7.78. The lowest BCUT2D eigenvalue weighted by Crippen LogP contribution is -2.41. The fraction of sp³-hybridized carbons (Fsp3) is 0.529. The van der Waals surface area contributed by atoms with Crippen molar-refractivity contribution in [3.05, 3.63) is 29.3 Å². The molecule has 1 aromatic carbocycles. The van der Waals surface area contributed by atoms with Crippen LogP contribution < -0.4 is 5.32 Å². The van der Waals surface area contributed by atoms with Crippen molar-refractivity contribution in [2.45, 2.75) is 40.0 Å². The van der Waals surface area contributed by atoms with Crippen molar-refractivity contribution in [3.63, 3.8) is 0 Å². The van der Waals surface area contributed by atoms with Crippen LogP contribution in [0.5, 0.6) is 0 Å². The maximum absolute atomic E-state index is 12.2. The Bertz CT molecular complexity index is 515. The van der Waals surface area contributed by atoms with Crippen LogP contribution in [0.1, 0.15) is 37.3 Å². The van der Waals surface area contributed by atoms with Crippen LogP contribution in [-0.4, -0.2) is 41.5 Å². The fourth-order valence-corrected chi connectivity index (χ4v) is 2.26. The smallest absolute Gasteiger partial charge is 0.313 e. The Hall–Kier alpha value is -1.88. The number of hydrogen-bond acceptors (Lipinski definition) is 3. The molecule has 0 aliphatic heterocycles. The molecule has 0 saturated heterocycles. The van der Waals surface area contributed by atoms with Crippen molar-refractivity contribution in [2.75, 3.05) is 25.0 Å². The number of aliphatic hydroxyl groups is 1. The third-order valence-corrected chi connectivity index (χ3v) is 3.51. The fourth-order valence-electron chi connectivity index (χ4n) is 2.26. The average Bonchev–Trinajstić information content (AvgIpc) is 2.48. The molecule has 0 radical (unpaired) electrons. The van der Waals surface area contributed by atoms with E-state index in [0.717, 1.165) is 30.4 Å². The van der Waals surface area contributed by atoms with Crippen LogP contribution in [0.15, 0.2) is 18.2 Å². The van der Waals surface area contributed by atoms with Gasteiger partial charge in [0.15, 0.2) is 0 Å². The van der Waals surface area contributed by atoms with Crippen LogP contribution >= 0.6 is 0 Å². The predicted octanol–water partition coefficient (Wildman–Crippen LogP) is 2.25. The summed E-state index contributed by atoms with van der Waals surface area (Å²) in [4.78, 5) is 25.7. The quantitative estimate of drug-likeness (QED) is 0.599. The number of anilines is 1. The summed E-state index contributed by atoms with van der Waals surface area (Å²) in [7, 11) is 0. The van der Waals surface area contributed by atoms with Gasteiger partial charge in [-0.25, -0.2) is 0 Å². The Morgan fingerprint density at radius 2 is 1.91 bits per heavy atom. The standard InChI is InChI=1S/C17H26N2O3/c1-4-5-6-9-19(10-11-20)17(22)16(21)18-15-8-7-13(2)12-14(15)3/h7-8,12,20H,4-6,9-11H2,1-3H3,(H,18,21). The molecule has 0 aromatic heterocycles. The van der Waals surface area contributed by atoms with Gasteiger partial charge in [-0.15, -0.1) is 0 Å². The monoisotopic (exact) mass is 306 g/mol. The molecule has 2 amide bonds. The summed E-state index contributed by atoms with van der Waals surface area (Å²) < 4.78 is 0. The van der Waals surface area contributed by atoms with Crippen LogP contribution in [0.4, 0.5) is 5.69 Å². The molecule has 1 aromatic rings. The van der Waals surface area contributed by atoms with E-state index in [1.807, 2.05) is 26.0 Å². The van der Waals surface area contributed by atoms with Gasteiger partial charge in [0.2, 0.25) is 0 Å². The molecule has 0 spiro atoms. The second kappa shape index (κ2) is 9.20. The summed E-state index contributed by atoms with van der Waals surface area (Å²) >= 11 is 0. The Morgan fingerprint density at radius 1 is 1.18 bits per heavy atom. The first-order chi connectivity index (χ1) is 10.5. The van der Waals surface area contributed by atoms with Gasteiger partial charge in [-0.05, 0) is 31.9 Å². The highest BCUT2D eigenvalue weighted by molar-refractivity contribution is 6.39. The Labute approximate surface area is 132 Å². The molecule has 0 aliphatic rings. The van der Waals surface area contributed by atoms with E-state index >= 15 is 0 Å². The molecule has 1 rings (SSSR count). The van der Waals surface area contributed by atoms with E-state index in [9.17, 15) is 9.59 Å². The highest BCUT2D eigenvalue weighted by Gasteiger charge is 2.21. The number of amides is 2. The number of aliphatic hydroxyl groups excluding tert-OH is 1. The zero-order chi connectivity index (χ0) is 16.5. The molecule has 5 heteroatoms. The van der Waals surface area contributed by atoms with Gasteiger partial charge in [-0.2, -0.15) is 0 Å². The number of aryl methyl sites for hydroxylation is 2. The summed E-state index contributed by atoms with van der Waals surface area (Å²) in [6, 6.07) is 5.63. The van der Waals surface area contributed by atoms with Gasteiger partial charge in [0.25, 0.3) is 0 Å². The lowest BCUT2D eigenvalue weighted by molar-refractivity contribution is -0.143. The lowest BCUT2D eigenvalue weighted by Gasteiger charge is -2.21. The van der Waals surface area contributed by atoms with Crippen molar-refractivity contribution in [3.8, 4) is 0 Å². The van der Waals surface area contributed by atoms with E-state index in [0.29, 0.717) is 12.2 Å². The van der Waals surface area contributed by atoms with Crippen LogP contribution in [0.3, 0.4) is 0 Å². The molecule has 0 saturated carbocycles. The van der Waals surface area contributed by atoms with Gasteiger partial charge in [0.1, 0.15) is 0 Å². The van der Waals surface area contributed by atoms with Gasteiger partial charge in [-0.3, -0.25) is 9.59 Å². The lowest BCUT2D eigenvalue weighted by atomic mass is 10.1. The number of carbonyl (C=O) groups excluding carboxylic acids is 2. The van der Waals surface area contributed by atoms with Crippen LogP contribution in [0, 0.1) is 13.8 Å². The molecule has 0 aliphatic carbocycles. The minimum Gasteiger partial charge on any atom is -0.395 e. The van der Waals surface area contributed by atoms with E-state index in [-0.39, 0.29) is 13.2 Å². The Balaban J connectivity index is 2.69. The summed E-state index contributed by atoms with van der Waals surface area (Å²) in [5, 5.41) is 11.7. The van der Waals surface area contributed by atoms with E-state index in [1.54, 1.807) is 6.07 Å². The second-order valence-corrected chi connectivity index (χ2v) is 5.50. The highest BCUT2D eigenvalue weighted by Crippen LogP contribution is 2.16. The van der Waals surface area contributed by atoms with E-state index in [2.05, 4.69) is 12.2 Å². The third-order valence-electron chi connectivity index (χ3n) is 3.51. The molecule has 22 heavy (non-hydrogen) atoms. The number of rotatable bonds is 7. The molecular weight excluding hydrogens is 280 g/mol. The van der Waals surface area contributed by atoms with Crippen molar-refractivity contribution < 1.29 is 14.7 Å². The molecule has 122 valence electrons. The van der Waals surface area contributed by atoms with Crippen LogP contribution in [-0.2, 0) is 9.59 Å². The van der Waals surface area contributed by atoms with Gasteiger partial charge >= 0.3 is 11.8 Å². The zero-order valence-corrected chi connectivity index (χ0v) is 13.7. The topological polar surface area (TPSA) is 69.6 Å². The summed E-state index contributed by atoms with van der Waals surface area (Å²) in [5.74, 6) is -1.25. The molecule has 0 unspecified atom stereocenters. The largest absolute Gasteiger partial charge is 0.395 e. The molecule has 0 heterocycles. The van der Waals surface area contributed by atoms with Crippen molar-refractivity contribution >= 4 is 17.5 Å². The molecule has 0 fully saturated rings. The highest BCUT2D eigenvalue weighted by atomic mass is 16.3. The first kappa shape index (κ1) is 18.2. The normalized spacial score (nSPS) is 10.4. The maximum Gasteiger partial charge on any atom is 0.313 e. The van der Waals surface area contributed by atoms with Crippen molar-refractivity contribution in [1.82, 2.24) is 4.90 Å². The summed E-state index contributed by atoms with van der Waals surface area (Å²) in [6.45, 7) is 6.47. The number of nitrogens with one attached hydrogen (secondary N) is 1. The number of unbranched alkanes of at least 4 members (excludes halogenated alkanes) is 2. The van der Waals surface area contributed by atoms with E-state index in [1.165, 1.54) is 4.90 Å². The van der Waals surface area contributed by atoms with Gasteiger partial charge < -0.3 is 15.3 Å². The predicted molar refractivity (Wildman–Crippen MR) is 87.7 cm³/mol. The van der Waals surface area contributed by atoms with Crippen LogP contribution in [0.25, 0.3) is 0 Å². The van der Waals surface area contributed by atoms with Gasteiger partial charge in [-0.1, -0.05) is 37.5 Å². The van der Waals surface area contributed by atoms with E-state index in [4.69, 9.17) is 5.11 Å². The molecule has 5 nitrogen and oxygen atoms in total. The SMILES string of the molecule is CCCCCN(CCO)C(=O)C(=O)Nc1ccc(C)cc1C. The summed E-state index contributed by atoms with van der Waals surface area (Å²) in [6.07, 6.45) is 2.86. The van der Waals surface area contributed by atoms with E-state index < -0.39 is 11.8 Å². The maximum atomic E-state index is 12.2. The number of carbonyl (C=O) groups is 2. The number of benzene rings is 1. The molecule has 0 bridgehead atoms. The summed E-state index contributed by atoms with van der Waals surface area (Å²) in [5.41, 5.74) is 2.66. The molecule has 2 N–H and O–H groups in total. The second-order valence-electron chi connectivity index (χ2n) is 5.50. The first-order valence-electron chi connectivity index (χ1n) is 7.78. The average molecular weight is 306 g/mol. The Kier molecular flexibility index (Phi) is 7.60. The molecule has 0 atom stereocenters. The van der Waals surface area contributed by atoms with Gasteiger partial charge in [0, 0.05) is 18.8 Å².